The molecule has 1 N–H and O–H groups in total. The number of hydrogen-bond acceptors (Lipinski definition) is 5. The summed E-state index contributed by atoms with van der Waals surface area (Å²) in [5.41, 5.74) is 0.128. The largest absolute Gasteiger partial charge is 0.269 e. The molecule has 14 heavy (non-hydrogen) atoms. The molecular weight excluding hydrogens is 220 g/mol. The van der Waals surface area contributed by atoms with Crippen LogP contribution in [0.15, 0.2) is 29.2 Å². The number of nitro benzene ring substituents is 1. The Labute approximate surface area is 90.1 Å². The van der Waals surface area contributed by atoms with Crippen LogP contribution in [-0.2, 0) is 0 Å². The third-order valence-electron chi connectivity index (χ3n) is 1.39. The Kier molecular flexibility index (Phi) is 4.78. The van der Waals surface area contributed by atoms with Crippen LogP contribution in [0.5, 0.6) is 0 Å². The van der Waals surface area contributed by atoms with Crippen LogP contribution in [-0.4, -0.2) is 11.5 Å². The average Bonchev–Trinajstić information content (AvgIpc) is 2.19. The van der Waals surface area contributed by atoms with Crippen molar-refractivity contribution < 1.29 is 4.92 Å². The van der Waals surface area contributed by atoms with Crippen LogP contribution in [0.25, 0.3) is 0 Å². The summed E-state index contributed by atoms with van der Waals surface area (Å²) in [6.45, 7) is 2.91. The Hall–Kier alpha value is -0.720. The van der Waals surface area contributed by atoms with E-state index >= 15 is 0 Å². The Bertz CT molecular complexity index is 303. The number of hydrogen-bond donors (Lipinski definition) is 1. The molecule has 0 fully saturated rings. The van der Waals surface area contributed by atoms with Gasteiger partial charge in [0.25, 0.3) is 5.69 Å². The van der Waals surface area contributed by atoms with Crippen LogP contribution in [0.3, 0.4) is 0 Å². The lowest BCUT2D eigenvalue weighted by Gasteiger charge is -1.99. The number of benzene rings is 1. The van der Waals surface area contributed by atoms with Crippen molar-refractivity contribution in [1.82, 2.24) is 4.72 Å². The van der Waals surface area contributed by atoms with Gasteiger partial charge in [-0.1, -0.05) is 6.92 Å². The molecule has 0 radical (unpaired) electrons. The first-order valence-electron chi connectivity index (χ1n) is 4.05. The Morgan fingerprint density at radius 1 is 1.43 bits per heavy atom. The van der Waals surface area contributed by atoms with Gasteiger partial charge in [0.05, 0.1) is 4.92 Å². The molecule has 0 unspecified atom stereocenters. The van der Waals surface area contributed by atoms with Crippen LogP contribution >= 0.6 is 21.8 Å². The predicted molar refractivity (Wildman–Crippen MR) is 60.2 cm³/mol. The first-order chi connectivity index (χ1) is 6.74. The molecule has 0 spiro atoms. The van der Waals surface area contributed by atoms with Gasteiger partial charge in [0.15, 0.2) is 0 Å². The van der Waals surface area contributed by atoms with Crippen LogP contribution in [0, 0.1) is 10.1 Å². The van der Waals surface area contributed by atoms with Gasteiger partial charge in [-0.25, -0.2) is 0 Å². The van der Waals surface area contributed by atoms with Gasteiger partial charge in [-0.15, -0.1) is 0 Å². The van der Waals surface area contributed by atoms with Gasteiger partial charge in [-0.2, -0.15) is 0 Å². The minimum atomic E-state index is -0.397. The topological polar surface area (TPSA) is 55.2 Å². The maximum Gasteiger partial charge on any atom is 0.269 e. The molecule has 1 aromatic carbocycles. The monoisotopic (exact) mass is 230 g/mol. The van der Waals surface area contributed by atoms with Crippen molar-refractivity contribution in [3.63, 3.8) is 0 Å². The van der Waals surface area contributed by atoms with E-state index in [1.54, 1.807) is 22.9 Å². The van der Waals surface area contributed by atoms with Crippen molar-refractivity contribution in [3.05, 3.63) is 34.4 Å². The summed E-state index contributed by atoms with van der Waals surface area (Å²) in [6.07, 6.45) is 0. The molecule has 0 saturated heterocycles. The van der Waals surface area contributed by atoms with E-state index in [2.05, 4.69) is 4.72 Å². The number of nitro groups is 1. The molecule has 6 heteroatoms. The lowest BCUT2D eigenvalue weighted by Crippen LogP contribution is -1.97. The SMILES string of the molecule is CCNSSc1ccc([N+](=O)[O-])cc1. The number of nitrogens with one attached hydrogen (secondary N) is 1. The van der Waals surface area contributed by atoms with Crippen molar-refractivity contribution >= 4 is 27.5 Å². The van der Waals surface area contributed by atoms with Gasteiger partial charge in [0.2, 0.25) is 0 Å². The van der Waals surface area contributed by atoms with Gasteiger partial charge in [0, 0.05) is 23.6 Å². The second-order valence-corrected chi connectivity index (χ2v) is 4.51. The van der Waals surface area contributed by atoms with Crippen molar-refractivity contribution in [1.29, 1.82) is 0 Å². The molecule has 0 aliphatic carbocycles. The highest BCUT2D eigenvalue weighted by Crippen LogP contribution is 2.29. The fourth-order valence-corrected chi connectivity index (χ4v) is 2.43. The Morgan fingerprint density at radius 2 is 2.07 bits per heavy atom. The van der Waals surface area contributed by atoms with E-state index < -0.39 is 4.92 Å². The predicted octanol–water partition coefficient (Wildman–Crippen LogP) is 2.86. The smallest absolute Gasteiger partial charge is 0.258 e. The van der Waals surface area contributed by atoms with Crippen LogP contribution in [0.2, 0.25) is 0 Å². The molecular formula is C8H10N2O2S2. The standard InChI is InChI=1S/C8H10N2O2S2/c1-2-9-14-13-8-5-3-7(4-6-8)10(11)12/h3-6,9H,2H2,1H3. The Morgan fingerprint density at radius 3 is 2.57 bits per heavy atom. The van der Waals surface area contributed by atoms with Crippen LogP contribution in [0.1, 0.15) is 6.92 Å². The van der Waals surface area contributed by atoms with E-state index in [0.29, 0.717) is 0 Å². The van der Waals surface area contributed by atoms with E-state index in [-0.39, 0.29) is 5.69 Å². The molecule has 76 valence electrons. The highest BCUT2D eigenvalue weighted by atomic mass is 33.1. The molecule has 0 bridgehead atoms. The molecule has 0 aliphatic heterocycles. The van der Waals surface area contributed by atoms with Crippen LogP contribution < -0.4 is 4.72 Å². The van der Waals surface area contributed by atoms with Crippen molar-refractivity contribution in [2.45, 2.75) is 11.8 Å². The molecule has 0 amide bonds. The summed E-state index contributed by atoms with van der Waals surface area (Å²) in [6, 6.07) is 6.50. The Balaban J connectivity index is 2.51. The minimum absolute atomic E-state index is 0.128. The van der Waals surface area contributed by atoms with E-state index in [0.717, 1.165) is 11.4 Å². The number of rotatable bonds is 5. The molecule has 0 aliphatic rings. The van der Waals surface area contributed by atoms with E-state index in [1.807, 2.05) is 6.92 Å². The maximum atomic E-state index is 10.4. The first kappa shape index (κ1) is 11.4. The molecule has 0 saturated carbocycles. The lowest BCUT2D eigenvalue weighted by molar-refractivity contribution is -0.384. The van der Waals surface area contributed by atoms with E-state index in [9.17, 15) is 10.1 Å². The zero-order valence-electron chi connectivity index (χ0n) is 7.60. The first-order valence-corrected chi connectivity index (χ1v) is 6.20. The highest BCUT2D eigenvalue weighted by Gasteiger charge is 2.03. The second kappa shape index (κ2) is 5.90. The van der Waals surface area contributed by atoms with Crippen LogP contribution in [0.4, 0.5) is 5.69 Å². The van der Waals surface area contributed by atoms with E-state index in [1.165, 1.54) is 23.1 Å². The van der Waals surface area contributed by atoms with Gasteiger partial charge in [-0.05, 0) is 33.9 Å². The van der Waals surface area contributed by atoms with Crippen molar-refractivity contribution in [3.8, 4) is 0 Å². The van der Waals surface area contributed by atoms with E-state index in [4.69, 9.17) is 0 Å². The highest BCUT2D eigenvalue weighted by molar-refractivity contribution is 8.76. The minimum Gasteiger partial charge on any atom is -0.258 e. The van der Waals surface area contributed by atoms with Gasteiger partial charge < -0.3 is 0 Å². The normalized spacial score (nSPS) is 10.1. The molecule has 0 aromatic heterocycles. The number of non-ortho nitro benzene ring substituents is 1. The van der Waals surface area contributed by atoms with Gasteiger partial charge in [-0.3, -0.25) is 14.8 Å². The summed E-state index contributed by atoms with van der Waals surface area (Å²) in [5, 5.41) is 10.4. The molecule has 4 nitrogen and oxygen atoms in total. The zero-order chi connectivity index (χ0) is 10.4. The zero-order valence-corrected chi connectivity index (χ0v) is 9.23. The summed E-state index contributed by atoms with van der Waals surface area (Å²) in [7, 11) is 3.07. The fourth-order valence-electron chi connectivity index (χ4n) is 0.760. The van der Waals surface area contributed by atoms with Crippen molar-refractivity contribution in [2.24, 2.45) is 0 Å². The quantitative estimate of drug-likeness (QED) is 0.277. The fraction of sp³-hybridized carbons (Fsp3) is 0.250. The second-order valence-electron chi connectivity index (χ2n) is 2.42. The average molecular weight is 230 g/mol. The maximum absolute atomic E-state index is 10.4. The molecule has 0 atom stereocenters. The third-order valence-corrected chi connectivity index (χ3v) is 3.52. The summed E-state index contributed by atoms with van der Waals surface area (Å²) < 4.78 is 3.08. The molecule has 0 heterocycles. The summed E-state index contributed by atoms with van der Waals surface area (Å²) in [4.78, 5) is 11.0. The number of nitrogens with zero attached hydrogens (tertiary/aromatic N) is 1. The summed E-state index contributed by atoms with van der Waals surface area (Å²) >= 11 is 0. The van der Waals surface area contributed by atoms with Gasteiger partial charge in [0.1, 0.15) is 0 Å². The van der Waals surface area contributed by atoms with Gasteiger partial charge >= 0.3 is 0 Å². The summed E-state index contributed by atoms with van der Waals surface area (Å²) in [5.74, 6) is 0. The third kappa shape index (κ3) is 3.57. The lowest BCUT2D eigenvalue weighted by atomic mass is 10.3. The molecule has 1 aromatic rings. The molecule has 1 rings (SSSR count). The van der Waals surface area contributed by atoms with Crippen molar-refractivity contribution in [2.75, 3.05) is 6.54 Å².